The van der Waals surface area contributed by atoms with Crippen molar-refractivity contribution in [2.75, 3.05) is 63.9 Å². The third-order valence-electron chi connectivity index (χ3n) is 6.02. The van der Waals surface area contributed by atoms with Crippen LogP contribution in [0.25, 0.3) is 0 Å². The second kappa shape index (κ2) is 10.6. The molecule has 156 valence electrons. The zero-order chi connectivity index (χ0) is 19.9. The molecule has 0 aromatic heterocycles. The lowest BCUT2D eigenvalue weighted by atomic mass is 10.1. The van der Waals surface area contributed by atoms with E-state index < -0.39 is 0 Å². The molecule has 29 heavy (non-hydrogen) atoms. The molecule has 2 heterocycles. The van der Waals surface area contributed by atoms with Crippen molar-refractivity contribution >= 4 is 21.6 Å². The molecule has 2 aliphatic rings. The highest BCUT2D eigenvalue weighted by molar-refractivity contribution is 9.10. The molecule has 0 saturated carbocycles. The van der Waals surface area contributed by atoms with E-state index in [0.717, 1.165) is 65.4 Å². The average Bonchev–Trinajstić information content (AvgIpc) is 2.76. The molecular weight excluding hydrogens is 426 g/mol. The van der Waals surface area contributed by atoms with Crippen LogP contribution < -0.4 is 4.90 Å². The van der Waals surface area contributed by atoms with Crippen LogP contribution in [0.1, 0.15) is 17.5 Å². The Morgan fingerprint density at radius 3 is 2.28 bits per heavy atom. The lowest BCUT2D eigenvalue weighted by Crippen LogP contribution is -2.46. The third kappa shape index (κ3) is 6.05. The van der Waals surface area contributed by atoms with Gasteiger partial charge in [0.1, 0.15) is 0 Å². The molecule has 4 rings (SSSR count). The van der Waals surface area contributed by atoms with E-state index in [4.69, 9.17) is 4.74 Å². The molecule has 4 nitrogen and oxygen atoms in total. The monoisotopic (exact) mass is 457 g/mol. The molecule has 5 heteroatoms. The number of anilines is 1. The minimum absolute atomic E-state index is 0.888. The Morgan fingerprint density at radius 2 is 1.55 bits per heavy atom. The summed E-state index contributed by atoms with van der Waals surface area (Å²) in [6.07, 6.45) is 2.35. The maximum Gasteiger partial charge on any atom is 0.0594 e. The Balaban J connectivity index is 1.25. The molecule has 0 bridgehead atoms. The molecule has 0 N–H and O–H groups in total. The molecule has 2 aliphatic heterocycles. The second-order valence-corrected chi connectivity index (χ2v) is 8.95. The quantitative estimate of drug-likeness (QED) is 0.624. The molecule has 0 unspecified atom stereocenters. The van der Waals surface area contributed by atoms with Gasteiger partial charge in [-0.1, -0.05) is 36.4 Å². The molecule has 2 aromatic carbocycles. The van der Waals surface area contributed by atoms with Crippen LogP contribution in [-0.2, 0) is 17.7 Å². The van der Waals surface area contributed by atoms with Crippen LogP contribution in [0.2, 0.25) is 0 Å². The summed E-state index contributed by atoms with van der Waals surface area (Å²) < 4.78 is 6.67. The van der Waals surface area contributed by atoms with E-state index in [2.05, 4.69) is 79.2 Å². The fourth-order valence-corrected chi connectivity index (χ4v) is 4.96. The summed E-state index contributed by atoms with van der Waals surface area (Å²) >= 11 is 3.84. The number of nitrogens with zero attached hydrogens (tertiary/aromatic N) is 3. The normalized spacial score (nSPS) is 18.9. The van der Waals surface area contributed by atoms with Gasteiger partial charge in [0.15, 0.2) is 0 Å². The predicted octanol–water partition coefficient (Wildman–Crippen LogP) is 4.04. The number of aryl methyl sites for hydroxylation is 1. The highest BCUT2D eigenvalue weighted by atomic mass is 79.9. The number of hydrogen-bond donors (Lipinski definition) is 0. The Labute approximate surface area is 183 Å². The third-order valence-corrected chi connectivity index (χ3v) is 6.65. The highest BCUT2D eigenvalue weighted by Gasteiger charge is 2.19. The number of halogens is 1. The van der Waals surface area contributed by atoms with Crippen LogP contribution >= 0.6 is 15.9 Å². The van der Waals surface area contributed by atoms with Crippen molar-refractivity contribution in [3.8, 4) is 0 Å². The molecule has 0 aliphatic carbocycles. The van der Waals surface area contributed by atoms with Crippen molar-refractivity contribution in [1.82, 2.24) is 9.80 Å². The first-order chi connectivity index (χ1) is 14.3. The van der Waals surface area contributed by atoms with Crippen LogP contribution in [0.4, 0.5) is 5.69 Å². The number of ether oxygens (including phenoxy) is 1. The zero-order valence-corrected chi connectivity index (χ0v) is 18.8. The molecule has 0 spiro atoms. The van der Waals surface area contributed by atoms with E-state index in [9.17, 15) is 0 Å². The summed E-state index contributed by atoms with van der Waals surface area (Å²) in [5, 5.41) is 0. The summed E-state index contributed by atoms with van der Waals surface area (Å²) in [5.41, 5.74) is 4.17. The predicted molar refractivity (Wildman–Crippen MR) is 124 cm³/mol. The minimum Gasteiger partial charge on any atom is -0.379 e. The van der Waals surface area contributed by atoms with E-state index >= 15 is 0 Å². The number of piperazine rings is 1. The van der Waals surface area contributed by atoms with Gasteiger partial charge in [-0.05, 0) is 58.6 Å². The van der Waals surface area contributed by atoms with E-state index in [1.165, 1.54) is 34.3 Å². The van der Waals surface area contributed by atoms with E-state index in [-0.39, 0.29) is 0 Å². The molecule has 2 saturated heterocycles. The Bertz CT molecular complexity index is 756. The van der Waals surface area contributed by atoms with Crippen LogP contribution in [0.3, 0.4) is 0 Å². The van der Waals surface area contributed by atoms with Gasteiger partial charge in [-0.15, -0.1) is 0 Å². The minimum atomic E-state index is 0.888. The fraction of sp³-hybridized carbons (Fsp3) is 0.500. The number of rotatable bonds is 7. The summed E-state index contributed by atoms with van der Waals surface area (Å²) in [4.78, 5) is 7.59. The first-order valence-electron chi connectivity index (χ1n) is 10.9. The maximum absolute atomic E-state index is 5.43. The van der Waals surface area contributed by atoms with Gasteiger partial charge in [-0.25, -0.2) is 0 Å². The average molecular weight is 458 g/mol. The van der Waals surface area contributed by atoms with Gasteiger partial charge in [-0.3, -0.25) is 9.80 Å². The van der Waals surface area contributed by atoms with E-state index in [1.54, 1.807) is 0 Å². The second-order valence-electron chi connectivity index (χ2n) is 8.09. The van der Waals surface area contributed by atoms with Crippen molar-refractivity contribution in [2.45, 2.75) is 19.4 Å². The molecule has 0 radical (unpaired) electrons. The Hall–Kier alpha value is -1.40. The van der Waals surface area contributed by atoms with E-state index in [1.807, 2.05) is 0 Å². The lowest BCUT2D eigenvalue weighted by molar-refractivity contribution is 0.0375. The highest BCUT2D eigenvalue weighted by Crippen LogP contribution is 2.29. The van der Waals surface area contributed by atoms with Crippen LogP contribution in [0, 0.1) is 0 Å². The summed E-state index contributed by atoms with van der Waals surface area (Å²) in [5.74, 6) is 0. The Kier molecular flexibility index (Phi) is 7.61. The van der Waals surface area contributed by atoms with Crippen molar-refractivity contribution in [1.29, 1.82) is 0 Å². The molecule has 0 atom stereocenters. The number of hydrogen-bond acceptors (Lipinski definition) is 4. The fourth-order valence-electron chi connectivity index (χ4n) is 4.28. The van der Waals surface area contributed by atoms with Crippen LogP contribution in [0.15, 0.2) is 53.0 Å². The standard InChI is InChI=1S/C24H32BrN3O/c25-23-19-21(7-4-10-26-15-17-29-18-16-26)8-9-24(23)28-13-11-27(12-14-28)20-22-5-2-1-3-6-22/h1-3,5-6,8-9,19H,4,7,10-18,20H2. The molecule has 2 aromatic rings. The van der Waals surface area contributed by atoms with Gasteiger partial charge >= 0.3 is 0 Å². The lowest BCUT2D eigenvalue weighted by Gasteiger charge is -2.36. The Morgan fingerprint density at radius 1 is 0.793 bits per heavy atom. The van der Waals surface area contributed by atoms with Crippen molar-refractivity contribution in [3.63, 3.8) is 0 Å². The van der Waals surface area contributed by atoms with Gasteiger partial charge in [0, 0.05) is 50.3 Å². The van der Waals surface area contributed by atoms with Gasteiger partial charge in [-0.2, -0.15) is 0 Å². The van der Waals surface area contributed by atoms with Gasteiger partial charge in [0.25, 0.3) is 0 Å². The molecule has 2 fully saturated rings. The molecule has 0 amide bonds. The zero-order valence-electron chi connectivity index (χ0n) is 17.2. The number of benzene rings is 2. The van der Waals surface area contributed by atoms with Crippen molar-refractivity contribution in [2.24, 2.45) is 0 Å². The van der Waals surface area contributed by atoms with Crippen LogP contribution in [0.5, 0.6) is 0 Å². The molecular formula is C24H32BrN3O. The van der Waals surface area contributed by atoms with Crippen LogP contribution in [-0.4, -0.2) is 68.8 Å². The topological polar surface area (TPSA) is 19.0 Å². The summed E-state index contributed by atoms with van der Waals surface area (Å²) in [6, 6.07) is 17.7. The van der Waals surface area contributed by atoms with Crippen molar-refractivity contribution < 1.29 is 4.74 Å². The SMILES string of the molecule is Brc1cc(CCCN2CCOCC2)ccc1N1CCN(Cc2ccccc2)CC1. The summed E-state index contributed by atoms with van der Waals surface area (Å²) in [6.45, 7) is 10.6. The van der Waals surface area contributed by atoms with Gasteiger partial charge < -0.3 is 9.64 Å². The number of morpholine rings is 1. The first kappa shape index (κ1) is 20.9. The first-order valence-corrected chi connectivity index (χ1v) is 11.7. The smallest absolute Gasteiger partial charge is 0.0594 e. The maximum atomic E-state index is 5.43. The van der Waals surface area contributed by atoms with Gasteiger partial charge in [0.2, 0.25) is 0 Å². The van der Waals surface area contributed by atoms with Crippen molar-refractivity contribution in [3.05, 3.63) is 64.1 Å². The summed E-state index contributed by atoms with van der Waals surface area (Å²) in [7, 11) is 0. The largest absolute Gasteiger partial charge is 0.379 e. The van der Waals surface area contributed by atoms with Gasteiger partial charge in [0.05, 0.1) is 18.9 Å². The van der Waals surface area contributed by atoms with E-state index in [0.29, 0.717) is 0 Å².